The maximum absolute atomic E-state index is 8.74. The Labute approximate surface area is 200 Å². The van der Waals surface area contributed by atoms with Crippen LogP contribution in [0.15, 0.2) is 18.6 Å². The van der Waals surface area contributed by atoms with Crippen molar-refractivity contribution in [1.29, 1.82) is 5.41 Å². The topological polar surface area (TPSA) is 142 Å². The number of anilines is 4. The molecule has 34 heavy (non-hydrogen) atoms. The molecule has 3 rings (SSSR count). The molecule has 0 spiro atoms. The zero-order chi connectivity index (χ0) is 24.0. The number of piperazine rings is 1. The average molecular weight is 474 g/mol. The molecule has 0 bridgehead atoms. The van der Waals surface area contributed by atoms with Crippen LogP contribution in [-0.4, -0.2) is 98.0 Å². The van der Waals surface area contributed by atoms with Gasteiger partial charge in [0.25, 0.3) is 0 Å². The molecule has 0 unspecified atom stereocenters. The van der Waals surface area contributed by atoms with E-state index in [1.54, 1.807) is 12.3 Å². The second-order valence-electron chi connectivity index (χ2n) is 7.40. The van der Waals surface area contributed by atoms with Crippen molar-refractivity contribution in [2.75, 3.05) is 87.9 Å². The van der Waals surface area contributed by atoms with E-state index in [9.17, 15) is 0 Å². The Morgan fingerprint density at radius 1 is 1.09 bits per heavy atom. The van der Waals surface area contributed by atoms with Crippen molar-refractivity contribution >= 4 is 29.0 Å². The number of nitrogens with one attached hydrogen (secondary N) is 4. The van der Waals surface area contributed by atoms with Gasteiger partial charge in [0.05, 0.1) is 32.1 Å². The predicted octanol–water partition coefficient (Wildman–Crippen LogP) is 1.29. The molecule has 2 aromatic rings. The van der Waals surface area contributed by atoms with Crippen molar-refractivity contribution in [2.24, 2.45) is 0 Å². The lowest BCUT2D eigenvalue weighted by Crippen LogP contribution is -2.44. The van der Waals surface area contributed by atoms with Gasteiger partial charge in [0, 0.05) is 52.1 Å². The Balaban J connectivity index is 1.91. The van der Waals surface area contributed by atoms with E-state index in [0.717, 1.165) is 26.2 Å². The minimum atomic E-state index is 0.109. The van der Waals surface area contributed by atoms with Crippen LogP contribution in [0, 0.1) is 5.41 Å². The summed E-state index contributed by atoms with van der Waals surface area (Å²) in [6, 6.07) is 1.76. The molecule has 0 aliphatic carbocycles. The van der Waals surface area contributed by atoms with Gasteiger partial charge >= 0.3 is 0 Å². The van der Waals surface area contributed by atoms with Gasteiger partial charge in [-0.25, -0.2) is 15.0 Å². The van der Waals surface area contributed by atoms with Crippen LogP contribution in [-0.2, 0) is 14.2 Å². The van der Waals surface area contributed by atoms with Crippen LogP contribution in [0.4, 0.5) is 23.3 Å². The van der Waals surface area contributed by atoms with E-state index in [2.05, 4.69) is 30.8 Å². The van der Waals surface area contributed by atoms with Gasteiger partial charge in [0.2, 0.25) is 5.95 Å². The molecule has 0 amide bonds. The van der Waals surface area contributed by atoms with Crippen LogP contribution in [0.1, 0.15) is 19.5 Å². The van der Waals surface area contributed by atoms with E-state index in [4.69, 9.17) is 29.6 Å². The van der Waals surface area contributed by atoms with E-state index in [1.165, 1.54) is 6.33 Å². The highest BCUT2D eigenvalue weighted by Crippen LogP contribution is 2.29. The molecule has 0 atom stereocenters. The van der Waals surface area contributed by atoms with Crippen LogP contribution < -0.4 is 20.9 Å². The summed E-state index contributed by atoms with van der Waals surface area (Å²) in [6.07, 6.45) is 3.13. The van der Waals surface area contributed by atoms with Gasteiger partial charge in [-0.15, -0.1) is 0 Å². The summed E-state index contributed by atoms with van der Waals surface area (Å²) < 4.78 is 16.5. The highest BCUT2D eigenvalue weighted by atomic mass is 16.5. The van der Waals surface area contributed by atoms with E-state index in [0.29, 0.717) is 68.5 Å². The quantitative estimate of drug-likeness (QED) is 0.219. The highest BCUT2D eigenvalue weighted by Gasteiger charge is 2.22. The Hall–Kier alpha value is -2.93. The van der Waals surface area contributed by atoms with Gasteiger partial charge in [-0.2, -0.15) is 4.98 Å². The summed E-state index contributed by atoms with van der Waals surface area (Å²) >= 11 is 0. The Morgan fingerprint density at radius 2 is 1.85 bits per heavy atom. The number of aromatic nitrogens is 4. The van der Waals surface area contributed by atoms with E-state index in [1.807, 2.05) is 13.8 Å². The smallest absolute Gasteiger partial charge is 0.228 e. The SMILES string of the molecule is CCOCCNc1c(Nc2ccncn2)nc(N2CCNCC2)nc1C(=N)COCCOCC. The first-order chi connectivity index (χ1) is 16.7. The molecule has 4 N–H and O–H groups in total. The lowest BCUT2D eigenvalue weighted by atomic mass is 10.2. The lowest BCUT2D eigenvalue weighted by molar-refractivity contribution is 0.0680. The number of ether oxygens (including phenoxy) is 3. The first-order valence-corrected chi connectivity index (χ1v) is 11.7. The number of hydrogen-bond acceptors (Lipinski definition) is 12. The third-order valence-electron chi connectivity index (χ3n) is 4.99. The van der Waals surface area contributed by atoms with Crippen molar-refractivity contribution in [3.63, 3.8) is 0 Å². The third kappa shape index (κ3) is 7.83. The summed E-state index contributed by atoms with van der Waals surface area (Å²) in [4.78, 5) is 20.0. The summed E-state index contributed by atoms with van der Waals surface area (Å²) in [6.45, 7) is 10.5. The molecule has 0 radical (unpaired) electrons. The lowest BCUT2D eigenvalue weighted by Gasteiger charge is -2.29. The Morgan fingerprint density at radius 3 is 2.59 bits per heavy atom. The minimum absolute atomic E-state index is 0.109. The second kappa shape index (κ2) is 14.4. The normalized spacial score (nSPS) is 13.6. The van der Waals surface area contributed by atoms with E-state index < -0.39 is 0 Å². The summed E-state index contributed by atoms with van der Waals surface area (Å²) in [7, 11) is 0. The van der Waals surface area contributed by atoms with Gasteiger partial charge in [0.15, 0.2) is 5.82 Å². The maximum Gasteiger partial charge on any atom is 0.228 e. The number of hydrogen-bond donors (Lipinski definition) is 4. The molecule has 12 nitrogen and oxygen atoms in total. The number of nitrogens with zero attached hydrogens (tertiary/aromatic N) is 5. The molecule has 1 saturated heterocycles. The molecule has 3 heterocycles. The van der Waals surface area contributed by atoms with Crippen molar-refractivity contribution in [3.05, 3.63) is 24.3 Å². The molecule has 0 saturated carbocycles. The van der Waals surface area contributed by atoms with Crippen molar-refractivity contribution in [2.45, 2.75) is 13.8 Å². The first kappa shape index (κ1) is 25.7. The van der Waals surface area contributed by atoms with Crippen LogP contribution in [0.3, 0.4) is 0 Å². The van der Waals surface area contributed by atoms with Gasteiger partial charge in [0.1, 0.15) is 23.5 Å². The highest BCUT2D eigenvalue weighted by molar-refractivity contribution is 6.04. The molecule has 0 aromatic carbocycles. The number of rotatable bonds is 15. The van der Waals surface area contributed by atoms with E-state index >= 15 is 0 Å². The van der Waals surface area contributed by atoms with Crippen LogP contribution >= 0.6 is 0 Å². The predicted molar refractivity (Wildman–Crippen MR) is 132 cm³/mol. The maximum atomic E-state index is 8.74. The molecule has 12 heteroatoms. The van der Waals surface area contributed by atoms with E-state index in [-0.39, 0.29) is 12.3 Å². The fourth-order valence-corrected chi connectivity index (χ4v) is 3.31. The third-order valence-corrected chi connectivity index (χ3v) is 4.99. The van der Waals surface area contributed by atoms with Crippen LogP contribution in [0.2, 0.25) is 0 Å². The molecular formula is C22H35N9O3. The minimum Gasteiger partial charge on any atom is -0.380 e. The van der Waals surface area contributed by atoms with Crippen LogP contribution in [0.5, 0.6) is 0 Å². The standard InChI is InChI=1S/C22H35N9O3/c1-3-32-12-9-26-20-19(17(23)15-34-14-13-33-4-2)29-22(31-10-7-24-8-11-31)30-21(20)28-18-5-6-25-16-27-18/h5-6,16,23-24,26H,3-4,7-15H2,1-2H3,(H,25,27,28,29,30). The van der Waals surface area contributed by atoms with Gasteiger partial charge in [-0.05, 0) is 19.9 Å². The largest absolute Gasteiger partial charge is 0.380 e. The summed E-state index contributed by atoms with van der Waals surface area (Å²) in [5, 5.41) is 18.7. The Bertz CT molecular complexity index is 879. The fraction of sp³-hybridized carbons (Fsp3) is 0.591. The monoisotopic (exact) mass is 473 g/mol. The average Bonchev–Trinajstić information content (AvgIpc) is 2.88. The molecule has 186 valence electrons. The van der Waals surface area contributed by atoms with Crippen molar-refractivity contribution in [1.82, 2.24) is 25.3 Å². The van der Waals surface area contributed by atoms with Gasteiger partial charge in [-0.3, -0.25) is 0 Å². The Kier molecular flexibility index (Phi) is 10.8. The van der Waals surface area contributed by atoms with Crippen molar-refractivity contribution < 1.29 is 14.2 Å². The molecule has 1 aliphatic heterocycles. The molecular weight excluding hydrogens is 438 g/mol. The summed E-state index contributed by atoms with van der Waals surface area (Å²) in [5.74, 6) is 1.69. The summed E-state index contributed by atoms with van der Waals surface area (Å²) in [5.41, 5.74) is 1.34. The van der Waals surface area contributed by atoms with Crippen molar-refractivity contribution in [3.8, 4) is 0 Å². The zero-order valence-electron chi connectivity index (χ0n) is 20.0. The molecule has 1 aliphatic rings. The zero-order valence-corrected chi connectivity index (χ0v) is 20.0. The van der Waals surface area contributed by atoms with Crippen LogP contribution in [0.25, 0.3) is 0 Å². The molecule has 1 fully saturated rings. The molecule has 2 aromatic heterocycles. The van der Waals surface area contributed by atoms with Gasteiger partial charge in [-0.1, -0.05) is 0 Å². The second-order valence-corrected chi connectivity index (χ2v) is 7.40. The first-order valence-electron chi connectivity index (χ1n) is 11.7. The van der Waals surface area contributed by atoms with Gasteiger partial charge < -0.3 is 40.5 Å². The fourth-order valence-electron chi connectivity index (χ4n) is 3.31.